The number of carbonyl (C=O) groups excluding carboxylic acids is 1. The Kier molecular flexibility index (Phi) is 6.81. The summed E-state index contributed by atoms with van der Waals surface area (Å²) in [5.41, 5.74) is 6.68. The van der Waals surface area contributed by atoms with Crippen LogP contribution in [0.4, 0.5) is 5.69 Å². The third-order valence-electron chi connectivity index (χ3n) is 3.28. The van der Waals surface area contributed by atoms with Crippen LogP contribution in [0.1, 0.15) is 29.6 Å². The lowest BCUT2D eigenvalue weighted by molar-refractivity contribution is 0.0793. The molecule has 6 nitrogen and oxygen atoms in total. The monoisotopic (exact) mass is 296 g/mol. The van der Waals surface area contributed by atoms with Gasteiger partial charge in [-0.3, -0.25) is 4.79 Å². The molecule has 1 aromatic carbocycles. The number of unbranched alkanes of at least 4 members (excludes halogenated alkanes) is 2. The predicted octanol–water partition coefficient (Wildman–Crippen LogP) is 1.52. The third kappa shape index (κ3) is 4.53. The maximum absolute atomic E-state index is 12.4. The molecule has 0 aliphatic carbocycles. The second-order valence-corrected chi connectivity index (χ2v) is 4.81. The Morgan fingerprint density at radius 1 is 1.19 bits per heavy atom. The molecule has 21 heavy (non-hydrogen) atoms. The number of amides is 1. The highest BCUT2D eigenvalue weighted by Crippen LogP contribution is 2.32. The fraction of sp³-hybridized carbons (Fsp3) is 0.533. The molecule has 0 saturated carbocycles. The van der Waals surface area contributed by atoms with Crippen LogP contribution >= 0.6 is 0 Å². The van der Waals surface area contributed by atoms with Crippen LogP contribution in [-0.2, 0) is 0 Å². The zero-order valence-electron chi connectivity index (χ0n) is 12.9. The van der Waals surface area contributed by atoms with Gasteiger partial charge in [0.15, 0.2) is 11.5 Å². The summed E-state index contributed by atoms with van der Waals surface area (Å²) in [4.78, 5) is 14.0. The first-order chi connectivity index (χ1) is 10.0. The van der Waals surface area contributed by atoms with Crippen LogP contribution in [0.3, 0.4) is 0 Å². The number of methoxy groups -OCH3 is 2. The average Bonchev–Trinajstić information content (AvgIpc) is 2.50. The van der Waals surface area contributed by atoms with Crippen molar-refractivity contribution in [2.24, 2.45) is 0 Å². The molecule has 1 amide bonds. The number of hydrogen-bond acceptors (Lipinski definition) is 5. The number of carbonyl (C=O) groups is 1. The van der Waals surface area contributed by atoms with E-state index in [0.29, 0.717) is 29.3 Å². The Bertz CT molecular complexity index is 477. The van der Waals surface area contributed by atoms with Crippen molar-refractivity contribution in [3.63, 3.8) is 0 Å². The molecule has 1 rings (SSSR count). The Labute approximate surface area is 125 Å². The van der Waals surface area contributed by atoms with Gasteiger partial charge in [0.25, 0.3) is 5.91 Å². The van der Waals surface area contributed by atoms with Crippen LogP contribution < -0.4 is 15.2 Å². The summed E-state index contributed by atoms with van der Waals surface area (Å²) in [6.45, 7) is 0.799. The van der Waals surface area contributed by atoms with E-state index in [1.807, 2.05) is 0 Å². The lowest BCUT2D eigenvalue weighted by Gasteiger charge is -2.19. The van der Waals surface area contributed by atoms with Gasteiger partial charge in [-0.1, -0.05) is 0 Å². The Morgan fingerprint density at radius 2 is 1.81 bits per heavy atom. The Hall–Kier alpha value is -1.95. The summed E-state index contributed by atoms with van der Waals surface area (Å²) in [5, 5.41) is 8.74. The second-order valence-electron chi connectivity index (χ2n) is 4.81. The van der Waals surface area contributed by atoms with E-state index in [1.54, 1.807) is 24.1 Å². The topological polar surface area (TPSA) is 85.0 Å². The third-order valence-corrected chi connectivity index (χ3v) is 3.28. The summed E-state index contributed by atoms with van der Waals surface area (Å²) in [7, 11) is 4.77. The molecular formula is C15H24N2O4. The molecule has 118 valence electrons. The molecule has 0 saturated heterocycles. The fourth-order valence-electron chi connectivity index (χ4n) is 2.02. The van der Waals surface area contributed by atoms with E-state index in [1.165, 1.54) is 14.2 Å². The van der Waals surface area contributed by atoms with Crippen molar-refractivity contribution in [3.05, 3.63) is 17.7 Å². The maximum atomic E-state index is 12.4. The number of rotatable bonds is 8. The maximum Gasteiger partial charge on any atom is 0.255 e. The van der Waals surface area contributed by atoms with E-state index in [4.69, 9.17) is 20.3 Å². The second kappa shape index (κ2) is 8.36. The zero-order valence-corrected chi connectivity index (χ0v) is 12.9. The van der Waals surface area contributed by atoms with E-state index in [-0.39, 0.29) is 12.5 Å². The van der Waals surface area contributed by atoms with E-state index >= 15 is 0 Å². The lowest BCUT2D eigenvalue weighted by atomic mass is 10.1. The highest BCUT2D eigenvalue weighted by Gasteiger charge is 2.18. The number of aliphatic hydroxyl groups excluding tert-OH is 1. The molecule has 0 aliphatic rings. The Morgan fingerprint density at radius 3 is 2.38 bits per heavy atom. The molecule has 0 aromatic heterocycles. The molecule has 0 aliphatic heterocycles. The molecule has 0 spiro atoms. The van der Waals surface area contributed by atoms with Crippen molar-refractivity contribution in [1.82, 2.24) is 4.90 Å². The van der Waals surface area contributed by atoms with Crippen LogP contribution in [0.15, 0.2) is 12.1 Å². The van der Waals surface area contributed by atoms with Gasteiger partial charge in [-0.25, -0.2) is 0 Å². The SMILES string of the molecule is COc1cc(N)c(C(=O)N(C)CCCCCO)cc1OC. The normalized spacial score (nSPS) is 10.3. The highest BCUT2D eigenvalue weighted by molar-refractivity contribution is 5.99. The average molecular weight is 296 g/mol. The minimum atomic E-state index is -0.155. The summed E-state index contributed by atoms with van der Waals surface area (Å²) in [5.74, 6) is 0.818. The van der Waals surface area contributed by atoms with Gasteiger partial charge in [0, 0.05) is 32.0 Å². The molecule has 0 atom stereocenters. The molecule has 0 bridgehead atoms. The number of benzene rings is 1. The van der Waals surface area contributed by atoms with Crippen molar-refractivity contribution in [3.8, 4) is 11.5 Å². The number of ether oxygens (including phenoxy) is 2. The van der Waals surface area contributed by atoms with Gasteiger partial charge in [0.2, 0.25) is 0 Å². The largest absolute Gasteiger partial charge is 0.493 e. The summed E-state index contributed by atoms with van der Waals surface area (Å²) in [6.07, 6.45) is 2.48. The van der Waals surface area contributed by atoms with Gasteiger partial charge in [0.05, 0.1) is 19.8 Å². The van der Waals surface area contributed by atoms with Crippen molar-refractivity contribution < 1.29 is 19.4 Å². The summed E-state index contributed by atoms with van der Waals surface area (Å²) in [6, 6.07) is 3.19. The van der Waals surface area contributed by atoms with E-state index in [2.05, 4.69) is 0 Å². The van der Waals surface area contributed by atoms with Gasteiger partial charge in [0.1, 0.15) is 0 Å². The first-order valence-electron chi connectivity index (χ1n) is 6.93. The summed E-state index contributed by atoms with van der Waals surface area (Å²) >= 11 is 0. The Balaban J connectivity index is 2.81. The van der Waals surface area contributed by atoms with Crippen molar-refractivity contribution in [2.45, 2.75) is 19.3 Å². The molecular weight excluding hydrogens is 272 g/mol. The quantitative estimate of drug-likeness (QED) is 0.561. The molecule has 3 N–H and O–H groups in total. The fourth-order valence-corrected chi connectivity index (χ4v) is 2.02. The smallest absolute Gasteiger partial charge is 0.255 e. The minimum absolute atomic E-state index is 0.155. The molecule has 0 heterocycles. The van der Waals surface area contributed by atoms with Crippen LogP contribution in [0, 0.1) is 0 Å². The lowest BCUT2D eigenvalue weighted by Crippen LogP contribution is -2.28. The van der Waals surface area contributed by atoms with Crippen molar-refractivity contribution in [2.75, 3.05) is 40.2 Å². The molecule has 0 fully saturated rings. The van der Waals surface area contributed by atoms with Gasteiger partial charge in [-0.15, -0.1) is 0 Å². The minimum Gasteiger partial charge on any atom is -0.493 e. The van der Waals surface area contributed by atoms with Crippen LogP contribution in [0.25, 0.3) is 0 Å². The number of nitrogens with zero attached hydrogens (tertiary/aromatic N) is 1. The zero-order chi connectivity index (χ0) is 15.8. The number of nitrogen functional groups attached to an aromatic ring is 1. The van der Waals surface area contributed by atoms with Gasteiger partial charge in [-0.05, 0) is 25.3 Å². The standard InChI is InChI=1S/C15H24N2O4/c1-17(7-5-4-6-8-18)15(19)11-9-13(20-2)14(21-3)10-12(11)16/h9-10,18H,4-8,16H2,1-3H3. The first-order valence-corrected chi connectivity index (χ1v) is 6.93. The van der Waals surface area contributed by atoms with Crippen LogP contribution in [0.2, 0.25) is 0 Å². The van der Waals surface area contributed by atoms with Crippen LogP contribution in [-0.4, -0.2) is 50.3 Å². The number of anilines is 1. The predicted molar refractivity (Wildman–Crippen MR) is 81.9 cm³/mol. The number of nitrogens with two attached hydrogens (primary N) is 1. The molecule has 0 unspecified atom stereocenters. The molecule has 1 aromatic rings. The van der Waals surface area contributed by atoms with Crippen molar-refractivity contribution >= 4 is 11.6 Å². The summed E-state index contributed by atoms with van der Waals surface area (Å²) < 4.78 is 10.3. The highest BCUT2D eigenvalue weighted by atomic mass is 16.5. The first kappa shape index (κ1) is 17.1. The van der Waals surface area contributed by atoms with Gasteiger partial charge < -0.3 is 25.2 Å². The number of aliphatic hydroxyl groups is 1. The number of hydrogen-bond donors (Lipinski definition) is 2. The van der Waals surface area contributed by atoms with Gasteiger partial charge in [-0.2, -0.15) is 0 Å². The van der Waals surface area contributed by atoms with Crippen LogP contribution in [0.5, 0.6) is 11.5 Å². The van der Waals surface area contributed by atoms with E-state index in [9.17, 15) is 4.79 Å². The molecule has 6 heteroatoms. The van der Waals surface area contributed by atoms with Gasteiger partial charge >= 0.3 is 0 Å². The van der Waals surface area contributed by atoms with E-state index < -0.39 is 0 Å². The van der Waals surface area contributed by atoms with E-state index in [0.717, 1.165) is 19.3 Å². The molecule has 0 radical (unpaired) electrons. The van der Waals surface area contributed by atoms with Crippen molar-refractivity contribution in [1.29, 1.82) is 0 Å².